The summed E-state index contributed by atoms with van der Waals surface area (Å²) in [4.78, 5) is 3.45. The molecule has 1 aromatic heterocycles. The molecule has 0 bridgehead atoms. The van der Waals surface area contributed by atoms with Crippen LogP contribution < -0.4 is 5.73 Å². The summed E-state index contributed by atoms with van der Waals surface area (Å²) in [5.41, 5.74) is 11.2. The lowest BCUT2D eigenvalue weighted by atomic mass is 9.98. The highest BCUT2D eigenvalue weighted by Gasteiger charge is 2.30. The van der Waals surface area contributed by atoms with Crippen molar-refractivity contribution >= 4 is 10.9 Å². The lowest BCUT2D eigenvalue weighted by Gasteiger charge is -2.09. The number of rotatable bonds is 5. The molecule has 0 saturated heterocycles. The second-order valence-electron chi connectivity index (χ2n) is 6.80. The quantitative estimate of drug-likeness (QED) is 0.559. The molecule has 138 valence electrons. The predicted octanol–water partition coefficient (Wildman–Crippen LogP) is 5.75. The number of hydrogen-bond acceptors (Lipinski definition) is 1. The number of aromatic nitrogens is 1. The molecule has 2 aromatic carbocycles. The third-order valence-electron chi connectivity index (χ3n) is 4.74. The van der Waals surface area contributed by atoms with E-state index < -0.39 is 11.7 Å². The Balaban J connectivity index is 2.11. The van der Waals surface area contributed by atoms with Gasteiger partial charge in [0.25, 0.3) is 0 Å². The highest BCUT2D eigenvalue weighted by Crippen LogP contribution is 2.36. The number of halogens is 3. The van der Waals surface area contributed by atoms with E-state index in [0.29, 0.717) is 6.54 Å². The molecular formula is C21H23F3N2. The van der Waals surface area contributed by atoms with Crippen molar-refractivity contribution in [1.82, 2.24) is 4.98 Å². The third kappa shape index (κ3) is 3.63. The van der Waals surface area contributed by atoms with Gasteiger partial charge in [-0.2, -0.15) is 13.2 Å². The Morgan fingerprint density at radius 2 is 1.69 bits per heavy atom. The summed E-state index contributed by atoms with van der Waals surface area (Å²) in [6.45, 7) is 4.74. The standard InChI is InChI=1S/C21H23F3N2/c1-13-11-14(2)19-18(12-13)17(5-3-4-10-25)20(26-19)15-6-8-16(9-7-15)21(22,23)24/h6-9,11-12,26H,3-5,10,25H2,1-2H3. The first-order valence-corrected chi connectivity index (χ1v) is 8.80. The van der Waals surface area contributed by atoms with Crippen molar-refractivity contribution in [3.63, 3.8) is 0 Å². The Kier molecular flexibility index (Phi) is 5.10. The Labute approximate surface area is 151 Å². The number of fused-ring (bicyclic) bond motifs is 1. The van der Waals surface area contributed by atoms with Gasteiger partial charge in [0.15, 0.2) is 0 Å². The third-order valence-corrected chi connectivity index (χ3v) is 4.74. The van der Waals surface area contributed by atoms with Crippen LogP contribution in [0, 0.1) is 13.8 Å². The van der Waals surface area contributed by atoms with Crippen LogP contribution in [-0.4, -0.2) is 11.5 Å². The average molecular weight is 360 g/mol. The lowest BCUT2D eigenvalue weighted by molar-refractivity contribution is -0.137. The van der Waals surface area contributed by atoms with Crippen LogP contribution in [0.15, 0.2) is 36.4 Å². The van der Waals surface area contributed by atoms with Crippen LogP contribution in [0.2, 0.25) is 0 Å². The number of benzene rings is 2. The van der Waals surface area contributed by atoms with Crippen LogP contribution in [0.25, 0.3) is 22.2 Å². The largest absolute Gasteiger partial charge is 0.416 e. The number of H-pyrrole nitrogens is 1. The predicted molar refractivity (Wildman–Crippen MR) is 100 cm³/mol. The molecule has 0 fully saturated rings. The number of nitrogens with two attached hydrogens (primary N) is 1. The topological polar surface area (TPSA) is 41.8 Å². The maximum absolute atomic E-state index is 12.9. The van der Waals surface area contributed by atoms with Crippen molar-refractivity contribution in [1.29, 1.82) is 0 Å². The molecule has 0 saturated carbocycles. The number of hydrogen-bond donors (Lipinski definition) is 2. The van der Waals surface area contributed by atoms with Crippen LogP contribution >= 0.6 is 0 Å². The van der Waals surface area contributed by atoms with Gasteiger partial charge in [-0.15, -0.1) is 0 Å². The summed E-state index contributed by atoms with van der Waals surface area (Å²) in [7, 11) is 0. The van der Waals surface area contributed by atoms with E-state index in [1.165, 1.54) is 5.56 Å². The second-order valence-corrected chi connectivity index (χ2v) is 6.80. The van der Waals surface area contributed by atoms with E-state index in [9.17, 15) is 13.2 Å². The minimum Gasteiger partial charge on any atom is -0.354 e. The van der Waals surface area contributed by atoms with Crippen LogP contribution in [0.5, 0.6) is 0 Å². The Morgan fingerprint density at radius 3 is 2.31 bits per heavy atom. The molecule has 0 spiro atoms. The molecule has 26 heavy (non-hydrogen) atoms. The summed E-state index contributed by atoms with van der Waals surface area (Å²) >= 11 is 0. The van der Waals surface area contributed by atoms with E-state index in [-0.39, 0.29) is 0 Å². The summed E-state index contributed by atoms with van der Waals surface area (Å²) in [6.07, 6.45) is -1.61. The number of unbranched alkanes of at least 4 members (excludes halogenated alkanes) is 1. The lowest BCUT2D eigenvalue weighted by Crippen LogP contribution is -2.04. The SMILES string of the molecule is Cc1cc(C)c2[nH]c(-c3ccc(C(F)(F)F)cc3)c(CCCCN)c2c1. The van der Waals surface area contributed by atoms with Crippen LogP contribution in [0.1, 0.15) is 35.1 Å². The van der Waals surface area contributed by atoms with Gasteiger partial charge in [0.05, 0.1) is 5.56 Å². The number of aromatic amines is 1. The van der Waals surface area contributed by atoms with Crippen LogP contribution in [0.4, 0.5) is 13.2 Å². The first kappa shape index (κ1) is 18.5. The van der Waals surface area contributed by atoms with Crippen molar-refractivity contribution in [3.8, 4) is 11.3 Å². The van der Waals surface area contributed by atoms with Crippen LogP contribution in [-0.2, 0) is 12.6 Å². The highest BCUT2D eigenvalue weighted by molar-refractivity contribution is 5.93. The molecule has 2 nitrogen and oxygen atoms in total. The molecule has 1 heterocycles. The van der Waals surface area contributed by atoms with Gasteiger partial charge in [0.1, 0.15) is 0 Å². The van der Waals surface area contributed by atoms with Crippen molar-refractivity contribution < 1.29 is 13.2 Å². The zero-order chi connectivity index (χ0) is 18.9. The molecule has 0 aliphatic carbocycles. The van der Waals surface area contributed by atoms with Gasteiger partial charge in [0, 0.05) is 16.6 Å². The highest BCUT2D eigenvalue weighted by atomic mass is 19.4. The van der Waals surface area contributed by atoms with E-state index in [1.807, 2.05) is 6.92 Å². The van der Waals surface area contributed by atoms with E-state index in [1.54, 1.807) is 12.1 Å². The first-order chi connectivity index (χ1) is 12.3. The number of nitrogens with one attached hydrogen (secondary N) is 1. The zero-order valence-electron chi connectivity index (χ0n) is 15.0. The second kappa shape index (κ2) is 7.16. The molecule has 0 amide bonds. The molecule has 3 aromatic rings. The molecule has 0 radical (unpaired) electrons. The summed E-state index contributed by atoms with van der Waals surface area (Å²) in [6, 6.07) is 9.62. The zero-order valence-corrected chi connectivity index (χ0v) is 15.0. The molecule has 5 heteroatoms. The van der Waals surface area contributed by atoms with Crippen molar-refractivity contribution in [3.05, 3.63) is 58.7 Å². The minimum absolute atomic E-state index is 0.630. The van der Waals surface area contributed by atoms with Gasteiger partial charge in [0.2, 0.25) is 0 Å². The van der Waals surface area contributed by atoms with Crippen molar-refractivity contribution in [2.24, 2.45) is 5.73 Å². The Bertz CT molecular complexity index is 906. The maximum atomic E-state index is 12.9. The fraction of sp³-hybridized carbons (Fsp3) is 0.333. The van der Waals surface area contributed by atoms with Gasteiger partial charge < -0.3 is 10.7 Å². The normalized spacial score (nSPS) is 12.1. The van der Waals surface area contributed by atoms with E-state index in [2.05, 4.69) is 24.0 Å². The monoisotopic (exact) mass is 360 g/mol. The summed E-state index contributed by atoms with van der Waals surface area (Å²) in [5, 5.41) is 1.15. The summed E-state index contributed by atoms with van der Waals surface area (Å²) in [5.74, 6) is 0. The first-order valence-electron chi connectivity index (χ1n) is 8.80. The molecule has 0 aliphatic heterocycles. The average Bonchev–Trinajstić information content (AvgIpc) is 2.93. The Morgan fingerprint density at radius 1 is 1.00 bits per heavy atom. The number of aryl methyl sites for hydroxylation is 3. The Hall–Kier alpha value is -2.27. The van der Waals surface area contributed by atoms with E-state index in [0.717, 1.165) is 64.7 Å². The van der Waals surface area contributed by atoms with Gasteiger partial charge in [-0.1, -0.05) is 23.8 Å². The van der Waals surface area contributed by atoms with E-state index in [4.69, 9.17) is 5.73 Å². The fourth-order valence-corrected chi connectivity index (χ4v) is 3.48. The molecule has 0 atom stereocenters. The molecular weight excluding hydrogens is 337 g/mol. The van der Waals surface area contributed by atoms with Gasteiger partial charge in [-0.05, 0) is 74.5 Å². The smallest absolute Gasteiger partial charge is 0.354 e. The molecule has 0 aliphatic rings. The summed E-state index contributed by atoms with van der Waals surface area (Å²) < 4.78 is 38.6. The van der Waals surface area contributed by atoms with Gasteiger partial charge >= 0.3 is 6.18 Å². The van der Waals surface area contributed by atoms with Gasteiger partial charge in [-0.25, -0.2) is 0 Å². The van der Waals surface area contributed by atoms with Gasteiger partial charge in [-0.3, -0.25) is 0 Å². The van der Waals surface area contributed by atoms with E-state index >= 15 is 0 Å². The minimum atomic E-state index is -4.32. The fourth-order valence-electron chi connectivity index (χ4n) is 3.48. The molecule has 3 rings (SSSR count). The molecule has 0 unspecified atom stereocenters. The molecule has 3 N–H and O–H groups in total. The van der Waals surface area contributed by atoms with Crippen molar-refractivity contribution in [2.45, 2.75) is 39.3 Å². The van der Waals surface area contributed by atoms with Crippen LogP contribution in [0.3, 0.4) is 0 Å². The maximum Gasteiger partial charge on any atom is 0.416 e. The van der Waals surface area contributed by atoms with Crippen molar-refractivity contribution in [2.75, 3.05) is 6.54 Å². The number of alkyl halides is 3.